The van der Waals surface area contributed by atoms with E-state index in [0.29, 0.717) is 12.2 Å². The van der Waals surface area contributed by atoms with E-state index in [1.807, 2.05) is 0 Å². The lowest BCUT2D eigenvalue weighted by Crippen LogP contribution is -2.78. The SMILES string of the molecule is CC1=C[C@H]2CC(=O)[C@H]3CCCN4CCC[C@@]2(O)[C@]34C1. The van der Waals surface area contributed by atoms with Gasteiger partial charge in [0.1, 0.15) is 5.78 Å². The number of Topliss-reactive ketones (excluding diaryl/α,β-unsaturated/α-hetero) is 1. The van der Waals surface area contributed by atoms with Crippen LogP contribution in [0.5, 0.6) is 0 Å². The molecule has 0 aromatic heterocycles. The molecular formula is C16H23NO2. The summed E-state index contributed by atoms with van der Waals surface area (Å²) in [4.78, 5) is 15.0. The molecule has 2 bridgehead atoms. The summed E-state index contributed by atoms with van der Waals surface area (Å²) in [6, 6.07) is 0. The number of piperidine rings is 2. The zero-order valence-electron chi connectivity index (χ0n) is 11.7. The number of nitrogens with zero attached hydrogens (tertiary/aromatic N) is 1. The van der Waals surface area contributed by atoms with Gasteiger partial charge in [-0.15, -0.1) is 0 Å². The third-order valence-electron chi connectivity index (χ3n) is 6.25. The monoisotopic (exact) mass is 261 g/mol. The van der Waals surface area contributed by atoms with Crippen molar-refractivity contribution < 1.29 is 9.90 Å². The van der Waals surface area contributed by atoms with Crippen molar-refractivity contribution in [3.8, 4) is 0 Å². The van der Waals surface area contributed by atoms with Crippen molar-refractivity contribution in [3.63, 3.8) is 0 Å². The van der Waals surface area contributed by atoms with Crippen molar-refractivity contribution in [2.45, 2.75) is 56.6 Å². The predicted molar refractivity (Wildman–Crippen MR) is 72.7 cm³/mol. The minimum absolute atomic E-state index is 0.0610. The van der Waals surface area contributed by atoms with Gasteiger partial charge in [0.2, 0.25) is 0 Å². The van der Waals surface area contributed by atoms with E-state index in [1.54, 1.807) is 0 Å². The molecule has 0 radical (unpaired) electrons. The summed E-state index contributed by atoms with van der Waals surface area (Å²) in [7, 11) is 0. The van der Waals surface area contributed by atoms with E-state index in [9.17, 15) is 9.90 Å². The maximum atomic E-state index is 12.5. The van der Waals surface area contributed by atoms with Gasteiger partial charge >= 0.3 is 0 Å². The van der Waals surface area contributed by atoms with Crippen LogP contribution in [0.2, 0.25) is 0 Å². The molecule has 3 heteroatoms. The quantitative estimate of drug-likeness (QED) is 0.677. The summed E-state index contributed by atoms with van der Waals surface area (Å²) < 4.78 is 0. The molecule has 3 nitrogen and oxygen atoms in total. The van der Waals surface area contributed by atoms with Crippen molar-refractivity contribution in [3.05, 3.63) is 11.6 Å². The highest BCUT2D eigenvalue weighted by molar-refractivity contribution is 5.85. The Bertz CT molecular complexity index is 469. The minimum Gasteiger partial charge on any atom is -0.387 e. The Morgan fingerprint density at radius 1 is 1.37 bits per heavy atom. The summed E-state index contributed by atoms with van der Waals surface area (Å²) in [5.74, 6) is 0.544. The van der Waals surface area contributed by atoms with Crippen molar-refractivity contribution >= 4 is 5.78 Å². The van der Waals surface area contributed by atoms with Crippen LogP contribution in [0, 0.1) is 11.8 Å². The van der Waals surface area contributed by atoms with Gasteiger partial charge in [0.15, 0.2) is 0 Å². The molecule has 4 rings (SSSR count). The molecule has 4 aliphatic rings. The van der Waals surface area contributed by atoms with Gasteiger partial charge in [-0.1, -0.05) is 11.6 Å². The third-order valence-corrected chi connectivity index (χ3v) is 6.25. The van der Waals surface area contributed by atoms with Crippen LogP contribution in [-0.4, -0.2) is 40.0 Å². The summed E-state index contributed by atoms with van der Waals surface area (Å²) >= 11 is 0. The molecule has 2 heterocycles. The molecule has 104 valence electrons. The summed E-state index contributed by atoms with van der Waals surface area (Å²) in [5.41, 5.74) is 0.465. The molecule has 2 saturated heterocycles. The van der Waals surface area contributed by atoms with Gasteiger partial charge in [-0.3, -0.25) is 9.69 Å². The highest BCUT2D eigenvalue weighted by atomic mass is 16.3. The van der Waals surface area contributed by atoms with Crippen LogP contribution in [0.15, 0.2) is 11.6 Å². The van der Waals surface area contributed by atoms with E-state index in [0.717, 1.165) is 45.2 Å². The van der Waals surface area contributed by atoms with Gasteiger partial charge in [-0.05, 0) is 52.1 Å². The number of aliphatic hydroxyl groups is 1. The van der Waals surface area contributed by atoms with E-state index in [1.165, 1.54) is 5.57 Å². The number of ketones is 1. The Morgan fingerprint density at radius 3 is 3.00 bits per heavy atom. The second kappa shape index (κ2) is 3.70. The molecule has 3 fully saturated rings. The van der Waals surface area contributed by atoms with E-state index in [2.05, 4.69) is 17.9 Å². The van der Waals surface area contributed by atoms with Crippen molar-refractivity contribution in [1.29, 1.82) is 0 Å². The Balaban J connectivity index is 1.94. The van der Waals surface area contributed by atoms with E-state index in [-0.39, 0.29) is 17.4 Å². The van der Waals surface area contributed by atoms with Gasteiger partial charge in [0.25, 0.3) is 0 Å². The second-order valence-electron chi connectivity index (χ2n) is 7.10. The first-order chi connectivity index (χ1) is 9.08. The molecule has 0 unspecified atom stereocenters. The number of hydrogen-bond donors (Lipinski definition) is 1. The van der Waals surface area contributed by atoms with Gasteiger partial charge in [0, 0.05) is 18.3 Å². The first kappa shape index (κ1) is 12.1. The van der Waals surface area contributed by atoms with Crippen molar-refractivity contribution in [1.82, 2.24) is 4.90 Å². The highest BCUT2D eigenvalue weighted by Crippen LogP contribution is 2.59. The molecule has 1 spiro atoms. The lowest BCUT2D eigenvalue weighted by Gasteiger charge is -2.67. The fourth-order valence-corrected chi connectivity index (χ4v) is 5.66. The smallest absolute Gasteiger partial charge is 0.138 e. The van der Waals surface area contributed by atoms with Crippen LogP contribution >= 0.6 is 0 Å². The Kier molecular flexibility index (Phi) is 2.36. The predicted octanol–water partition coefficient (Wildman–Crippen LogP) is 1.90. The molecule has 0 aromatic carbocycles. The first-order valence-electron chi connectivity index (χ1n) is 7.75. The number of carbonyl (C=O) groups is 1. The molecule has 1 saturated carbocycles. The van der Waals surface area contributed by atoms with Crippen LogP contribution in [0.1, 0.15) is 45.4 Å². The lowest BCUT2D eigenvalue weighted by molar-refractivity contribution is -0.222. The maximum Gasteiger partial charge on any atom is 0.138 e. The van der Waals surface area contributed by atoms with Crippen LogP contribution in [0.3, 0.4) is 0 Å². The average Bonchev–Trinajstić information content (AvgIpc) is 2.35. The standard InChI is InChI=1S/C16H23NO2/c1-11-8-12-9-14(18)13-4-2-6-17-7-3-5-16(12,19)15(13,17)10-11/h8,12-13,19H,2-7,9-10H2,1H3/t12-,13+,15-,16-/m0/s1. The van der Waals surface area contributed by atoms with Crippen molar-refractivity contribution in [2.75, 3.05) is 13.1 Å². The maximum absolute atomic E-state index is 12.5. The second-order valence-corrected chi connectivity index (χ2v) is 7.10. The van der Waals surface area contributed by atoms with E-state index in [4.69, 9.17) is 0 Å². The van der Waals surface area contributed by atoms with E-state index >= 15 is 0 Å². The molecule has 2 aliphatic heterocycles. The summed E-state index contributed by atoms with van der Waals surface area (Å²) in [6.07, 6.45) is 7.70. The van der Waals surface area contributed by atoms with Crippen LogP contribution in [-0.2, 0) is 4.79 Å². The molecule has 4 atom stereocenters. The fourth-order valence-electron chi connectivity index (χ4n) is 5.66. The number of hydrogen-bond acceptors (Lipinski definition) is 3. The van der Waals surface area contributed by atoms with Gasteiger partial charge in [-0.2, -0.15) is 0 Å². The summed E-state index contributed by atoms with van der Waals surface area (Å²) in [6.45, 7) is 4.30. The van der Waals surface area contributed by atoms with Crippen LogP contribution in [0.4, 0.5) is 0 Å². The Morgan fingerprint density at radius 2 is 2.16 bits per heavy atom. The first-order valence-corrected chi connectivity index (χ1v) is 7.75. The average molecular weight is 261 g/mol. The van der Waals surface area contributed by atoms with Crippen LogP contribution in [0.25, 0.3) is 0 Å². The third kappa shape index (κ3) is 1.28. The number of carbonyl (C=O) groups excluding carboxylic acids is 1. The zero-order chi connectivity index (χ0) is 13.3. The Hall–Kier alpha value is -0.670. The van der Waals surface area contributed by atoms with Gasteiger partial charge < -0.3 is 5.11 Å². The molecule has 2 aliphatic carbocycles. The Labute approximate surface area is 114 Å². The lowest BCUT2D eigenvalue weighted by atomic mass is 9.48. The molecule has 0 aromatic rings. The highest BCUT2D eigenvalue weighted by Gasteiger charge is 2.68. The normalized spacial score (nSPS) is 49.6. The minimum atomic E-state index is -0.649. The van der Waals surface area contributed by atoms with E-state index < -0.39 is 5.60 Å². The molecular weight excluding hydrogens is 238 g/mol. The molecule has 1 N–H and O–H groups in total. The topological polar surface area (TPSA) is 40.5 Å². The van der Waals surface area contributed by atoms with Crippen molar-refractivity contribution in [2.24, 2.45) is 11.8 Å². The van der Waals surface area contributed by atoms with Crippen LogP contribution < -0.4 is 0 Å². The molecule has 0 amide bonds. The summed E-state index contributed by atoms with van der Waals surface area (Å²) in [5, 5.41) is 11.5. The largest absolute Gasteiger partial charge is 0.387 e. The zero-order valence-corrected chi connectivity index (χ0v) is 11.7. The number of rotatable bonds is 0. The van der Waals surface area contributed by atoms with Gasteiger partial charge in [-0.25, -0.2) is 0 Å². The fraction of sp³-hybridized carbons (Fsp3) is 0.812. The molecule has 19 heavy (non-hydrogen) atoms. The van der Waals surface area contributed by atoms with Gasteiger partial charge in [0.05, 0.1) is 11.1 Å².